The minimum absolute atomic E-state index is 0.0859. The molecule has 2 aliphatic heterocycles. The SMILES string of the molecule is COc1ccc2c(c1)CCN(c1ccc(N3CCCC3)c(F)c1)C2=O. The summed E-state index contributed by atoms with van der Waals surface area (Å²) in [5, 5.41) is 0. The van der Waals surface area contributed by atoms with Gasteiger partial charge in [-0.2, -0.15) is 0 Å². The van der Waals surface area contributed by atoms with Gasteiger partial charge in [0, 0.05) is 30.9 Å². The average Bonchev–Trinajstić information content (AvgIpc) is 3.16. The van der Waals surface area contributed by atoms with Crippen LogP contribution in [0.2, 0.25) is 0 Å². The summed E-state index contributed by atoms with van der Waals surface area (Å²) in [6, 6.07) is 10.6. The van der Waals surface area contributed by atoms with Crippen LogP contribution in [0.1, 0.15) is 28.8 Å². The molecule has 0 spiro atoms. The Labute approximate surface area is 146 Å². The van der Waals surface area contributed by atoms with Crippen molar-refractivity contribution in [3.8, 4) is 5.75 Å². The number of carbonyl (C=O) groups is 1. The highest BCUT2D eigenvalue weighted by Crippen LogP contribution is 2.31. The fourth-order valence-electron chi connectivity index (χ4n) is 3.72. The molecule has 2 aromatic rings. The van der Waals surface area contributed by atoms with Crippen LogP contribution in [-0.2, 0) is 6.42 Å². The summed E-state index contributed by atoms with van der Waals surface area (Å²) < 4.78 is 19.8. The van der Waals surface area contributed by atoms with Crippen LogP contribution in [0.15, 0.2) is 36.4 Å². The minimum atomic E-state index is -0.257. The van der Waals surface area contributed by atoms with Gasteiger partial charge in [0.2, 0.25) is 0 Å². The quantitative estimate of drug-likeness (QED) is 0.855. The molecule has 0 atom stereocenters. The van der Waals surface area contributed by atoms with E-state index in [1.807, 2.05) is 12.1 Å². The molecule has 130 valence electrons. The van der Waals surface area contributed by atoms with E-state index in [-0.39, 0.29) is 11.7 Å². The van der Waals surface area contributed by atoms with Gasteiger partial charge in [0.25, 0.3) is 5.91 Å². The fraction of sp³-hybridized carbons (Fsp3) is 0.350. The molecule has 0 radical (unpaired) electrons. The number of anilines is 2. The molecule has 0 bridgehead atoms. The van der Waals surface area contributed by atoms with Crippen LogP contribution in [0.4, 0.5) is 15.8 Å². The molecule has 2 aromatic carbocycles. The van der Waals surface area contributed by atoms with Crippen molar-refractivity contribution in [3.05, 3.63) is 53.3 Å². The van der Waals surface area contributed by atoms with Gasteiger partial charge in [-0.15, -0.1) is 0 Å². The first-order valence-corrected chi connectivity index (χ1v) is 8.70. The number of methoxy groups -OCH3 is 1. The van der Waals surface area contributed by atoms with Crippen LogP contribution >= 0.6 is 0 Å². The Morgan fingerprint density at radius 1 is 1.04 bits per heavy atom. The number of hydrogen-bond acceptors (Lipinski definition) is 3. The minimum Gasteiger partial charge on any atom is -0.497 e. The maximum Gasteiger partial charge on any atom is 0.258 e. The zero-order chi connectivity index (χ0) is 17.4. The highest BCUT2D eigenvalue weighted by molar-refractivity contribution is 6.08. The predicted molar refractivity (Wildman–Crippen MR) is 96.2 cm³/mol. The Balaban J connectivity index is 1.61. The van der Waals surface area contributed by atoms with Crippen molar-refractivity contribution in [2.24, 2.45) is 0 Å². The summed E-state index contributed by atoms with van der Waals surface area (Å²) in [6.07, 6.45) is 2.94. The number of ether oxygens (including phenoxy) is 1. The normalized spacial score (nSPS) is 17.0. The Morgan fingerprint density at radius 3 is 2.56 bits per heavy atom. The smallest absolute Gasteiger partial charge is 0.258 e. The third-order valence-corrected chi connectivity index (χ3v) is 5.08. The van der Waals surface area contributed by atoms with Crippen molar-refractivity contribution in [2.45, 2.75) is 19.3 Å². The predicted octanol–water partition coefficient (Wildman–Crippen LogP) is 3.64. The molecule has 4 nitrogen and oxygen atoms in total. The molecule has 4 rings (SSSR count). The van der Waals surface area contributed by atoms with E-state index in [1.165, 1.54) is 6.07 Å². The van der Waals surface area contributed by atoms with Crippen LogP contribution < -0.4 is 14.5 Å². The molecule has 1 saturated heterocycles. The zero-order valence-corrected chi connectivity index (χ0v) is 14.3. The first kappa shape index (κ1) is 15.9. The Hall–Kier alpha value is -2.56. The summed E-state index contributed by atoms with van der Waals surface area (Å²) in [4.78, 5) is 16.5. The topological polar surface area (TPSA) is 32.8 Å². The second-order valence-corrected chi connectivity index (χ2v) is 6.56. The van der Waals surface area contributed by atoms with E-state index >= 15 is 0 Å². The molecule has 2 heterocycles. The molecular weight excluding hydrogens is 319 g/mol. The van der Waals surface area contributed by atoms with Gasteiger partial charge < -0.3 is 14.5 Å². The standard InChI is InChI=1S/C20H21FN2O2/c1-25-16-5-6-17-14(12-16)8-11-23(20(17)24)15-4-7-19(18(21)13-15)22-9-2-3-10-22/h4-7,12-13H,2-3,8-11H2,1H3. The highest BCUT2D eigenvalue weighted by atomic mass is 19.1. The number of amides is 1. The molecule has 0 aliphatic carbocycles. The number of benzene rings is 2. The van der Waals surface area contributed by atoms with E-state index in [0.29, 0.717) is 23.5 Å². The monoisotopic (exact) mass is 340 g/mol. The molecule has 1 amide bonds. The summed E-state index contributed by atoms with van der Waals surface area (Å²) in [7, 11) is 1.61. The fourth-order valence-corrected chi connectivity index (χ4v) is 3.72. The third kappa shape index (κ3) is 2.84. The number of fused-ring (bicyclic) bond motifs is 1. The van der Waals surface area contributed by atoms with Crippen molar-refractivity contribution in [3.63, 3.8) is 0 Å². The van der Waals surface area contributed by atoms with Crippen LogP contribution in [0, 0.1) is 5.82 Å². The van der Waals surface area contributed by atoms with E-state index in [2.05, 4.69) is 4.90 Å². The van der Waals surface area contributed by atoms with Gasteiger partial charge in [0.1, 0.15) is 11.6 Å². The summed E-state index contributed by atoms with van der Waals surface area (Å²) in [6.45, 7) is 2.34. The van der Waals surface area contributed by atoms with Gasteiger partial charge >= 0.3 is 0 Å². The van der Waals surface area contributed by atoms with Gasteiger partial charge in [-0.1, -0.05) is 0 Å². The third-order valence-electron chi connectivity index (χ3n) is 5.08. The molecule has 5 heteroatoms. The maximum atomic E-state index is 14.6. The second-order valence-electron chi connectivity index (χ2n) is 6.56. The Bertz CT molecular complexity index is 815. The number of halogens is 1. The van der Waals surface area contributed by atoms with Crippen LogP contribution in [0.5, 0.6) is 5.75 Å². The molecule has 0 unspecified atom stereocenters. The van der Waals surface area contributed by atoms with Crippen LogP contribution in [0.25, 0.3) is 0 Å². The second kappa shape index (κ2) is 6.39. The zero-order valence-electron chi connectivity index (χ0n) is 14.3. The molecule has 0 saturated carbocycles. The summed E-state index contributed by atoms with van der Waals surface area (Å²) in [5.41, 5.74) is 2.90. The van der Waals surface area contributed by atoms with E-state index in [0.717, 1.165) is 43.7 Å². The molecular formula is C20H21FN2O2. The lowest BCUT2D eigenvalue weighted by Gasteiger charge is -2.29. The largest absolute Gasteiger partial charge is 0.497 e. The van der Waals surface area contributed by atoms with E-state index in [9.17, 15) is 9.18 Å². The van der Waals surface area contributed by atoms with Crippen molar-refractivity contribution >= 4 is 17.3 Å². The van der Waals surface area contributed by atoms with Gasteiger partial charge in [-0.25, -0.2) is 4.39 Å². The number of carbonyl (C=O) groups excluding carboxylic acids is 1. The lowest BCUT2D eigenvalue weighted by molar-refractivity contribution is 0.0980. The lowest BCUT2D eigenvalue weighted by atomic mass is 9.98. The molecule has 25 heavy (non-hydrogen) atoms. The molecule has 1 fully saturated rings. The maximum absolute atomic E-state index is 14.6. The summed E-state index contributed by atoms with van der Waals surface area (Å²) >= 11 is 0. The van der Waals surface area contributed by atoms with Crippen molar-refractivity contribution in [1.82, 2.24) is 0 Å². The lowest BCUT2D eigenvalue weighted by Crippen LogP contribution is -2.37. The molecule has 0 N–H and O–H groups in total. The van der Waals surface area contributed by atoms with Gasteiger partial charge in [0.15, 0.2) is 0 Å². The molecule has 2 aliphatic rings. The first-order chi connectivity index (χ1) is 12.2. The van der Waals surface area contributed by atoms with Gasteiger partial charge in [0.05, 0.1) is 12.8 Å². The van der Waals surface area contributed by atoms with E-state index in [4.69, 9.17) is 4.74 Å². The van der Waals surface area contributed by atoms with Crippen molar-refractivity contribution in [1.29, 1.82) is 0 Å². The highest BCUT2D eigenvalue weighted by Gasteiger charge is 2.27. The number of hydrogen-bond donors (Lipinski definition) is 0. The van der Waals surface area contributed by atoms with Crippen LogP contribution in [0.3, 0.4) is 0 Å². The van der Waals surface area contributed by atoms with Gasteiger partial charge in [-0.05, 0) is 61.2 Å². The molecule has 0 aromatic heterocycles. The summed E-state index contributed by atoms with van der Waals surface area (Å²) in [5.74, 6) is 0.408. The number of rotatable bonds is 3. The Morgan fingerprint density at radius 2 is 1.84 bits per heavy atom. The van der Waals surface area contributed by atoms with E-state index in [1.54, 1.807) is 30.2 Å². The number of nitrogens with zero attached hydrogens (tertiary/aromatic N) is 2. The van der Waals surface area contributed by atoms with Gasteiger partial charge in [-0.3, -0.25) is 4.79 Å². The first-order valence-electron chi connectivity index (χ1n) is 8.70. The average molecular weight is 340 g/mol. The van der Waals surface area contributed by atoms with E-state index < -0.39 is 0 Å². The van der Waals surface area contributed by atoms with Crippen LogP contribution in [-0.4, -0.2) is 32.7 Å². The van der Waals surface area contributed by atoms with Crippen molar-refractivity contribution in [2.75, 3.05) is 36.5 Å². The van der Waals surface area contributed by atoms with Crippen molar-refractivity contribution < 1.29 is 13.9 Å². The Kier molecular flexibility index (Phi) is 4.07.